The van der Waals surface area contributed by atoms with E-state index in [2.05, 4.69) is 44.8 Å². The molecule has 0 spiro atoms. The van der Waals surface area contributed by atoms with E-state index >= 15 is 0 Å². The molecular formula is C21H29N3O2. The molecule has 2 heterocycles. The molecule has 4 rings (SSSR count). The van der Waals surface area contributed by atoms with Crippen molar-refractivity contribution < 1.29 is 9.47 Å². The Morgan fingerprint density at radius 3 is 2.77 bits per heavy atom. The van der Waals surface area contributed by atoms with E-state index in [4.69, 9.17) is 9.47 Å². The first-order valence-electron chi connectivity index (χ1n) is 9.59. The monoisotopic (exact) mass is 355 g/mol. The maximum absolute atomic E-state index is 6.05. The van der Waals surface area contributed by atoms with Gasteiger partial charge in [-0.15, -0.1) is 0 Å². The average Bonchev–Trinajstić information content (AvgIpc) is 3.27. The van der Waals surface area contributed by atoms with E-state index in [0.717, 1.165) is 45.3 Å². The number of likely N-dealkylation sites (tertiary alicyclic amines) is 1. The lowest BCUT2D eigenvalue weighted by molar-refractivity contribution is -0.0949. The normalized spacial score (nSPS) is 29.0. The minimum absolute atomic E-state index is 0.000683. The number of fused-ring (bicyclic) bond motifs is 1. The van der Waals surface area contributed by atoms with Crippen LogP contribution >= 0.6 is 0 Å². The van der Waals surface area contributed by atoms with E-state index in [1.54, 1.807) is 0 Å². The summed E-state index contributed by atoms with van der Waals surface area (Å²) in [7, 11) is 3.71. The van der Waals surface area contributed by atoms with Crippen LogP contribution < -0.4 is 0 Å². The van der Waals surface area contributed by atoms with Crippen molar-refractivity contribution in [2.24, 2.45) is 0 Å². The maximum Gasteiger partial charge on any atom is 0.0951 e. The van der Waals surface area contributed by atoms with Gasteiger partial charge in [-0.1, -0.05) is 30.3 Å². The van der Waals surface area contributed by atoms with Crippen LogP contribution in [0, 0.1) is 0 Å². The van der Waals surface area contributed by atoms with Gasteiger partial charge in [0.25, 0.3) is 0 Å². The van der Waals surface area contributed by atoms with E-state index in [0.29, 0.717) is 12.1 Å². The van der Waals surface area contributed by atoms with Crippen molar-refractivity contribution in [3.8, 4) is 0 Å². The summed E-state index contributed by atoms with van der Waals surface area (Å²) < 4.78 is 14.0. The van der Waals surface area contributed by atoms with Gasteiger partial charge in [-0.05, 0) is 31.2 Å². The molecular weight excluding hydrogens is 326 g/mol. The highest BCUT2D eigenvalue weighted by atomic mass is 16.5. The van der Waals surface area contributed by atoms with Crippen molar-refractivity contribution in [2.75, 3.05) is 20.8 Å². The smallest absolute Gasteiger partial charge is 0.0951 e. The molecule has 0 radical (unpaired) electrons. The second-order valence-electron chi connectivity index (χ2n) is 7.64. The van der Waals surface area contributed by atoms with Crippen molar-refractivity contribution >= 4 is 0 Å². The molecule has 1 aromatic carbocycles. The molecule has 1 saturated heterocycles. The SMILES string of the molecule is CO[C@@H]1CC[C@@]2(OC)CCN(Cc3cncn3Cc3ccccc3)[C@H]2C1. The highest BCUT2D eigenvalue weighted by Gasteiger charge is 2.51. The van der Waals surface area contributed by atoms with Crippen molar-refractivity contribution in [3.63, 3.8) is 0 Å². The number of rotatable bonds is 6. The first-order valence-corrected chi connectivity index (χ1v) is 9.59. The van der Waals surface area contributed by atoms with E-state index in [1.165, 1.54) is 11.3 Å². The number of hydrogen-bond acceptors (Lipinski definition) is 4. The van der Waals surface area contributed by atoms with Crippen LogP contribution in [0.25, 0.3) is 0 Å². The van der Waals surface area contributed by atoms with Crippen LogP contribution in [0.15, 0.2) is 42.9 Å². The predicted octanol–water partition coefficient (Wildman–Crippen LogP) is 3.09. The van der Waals surface area contributed by atoms with E-state index in [1.807, 2.05) is 26.7 Å². The summed E-state index contributed by atoms with van der Waals surface area (Å²) in [5.41, 5.74) is 2.57. The Labute approximate surface area is 155 Å². The molecule has 1 aliphatic carbocycles. The fraction of sp³-hybridized carbons (Fsp3) is 0.571. The van der Waals surface area contributed by atoms with Crippen LogP contribution in [0.2, 0.25) is 0 Å². The predicted molar refractivity (Wildman–Crippen MR) is 101 cm³/mol. The van der Waals surface area contributed by atoms with E-state index in [9.17, 15) is 0 Å². The zero-order valence-electron chi connectivity index (χ0n) is 15.8. The number of aromatic nitrogens is 2. The molecule has 5 nitrogen and oxygen atoms in total. The topological polar surface area (TPSA) is 39.5 Å². The van der Waals surface area contributed by atoms with E-state index in [-0.39, 0.29) is 5.60 Å². The standard InChI is InChI=1S/C21H29N3O2/c1-25-19-8-9-21(26-2)10-11-23(20(21)12-19)15-18-13-22-16-24(18)14-17-6-4-3-5-7-17/h3-7,13,16,19-20H,8-12,14-15H2,1-2H3/t19-,20+,21-/m1/s1. The van der Waals surface area contributed by atoms with Gasteiger partial charge < -0.3 is 14.0 Å². The van der Waals surface area contributed by atoms with Crippen LogP contribution in [0.5, 0.6) is 0 Å². The molecule has 1 aliphatic heterocycles. The van der Waals surface area contributed by atoms with Crippen LogP contribution in [-0.4, -0.2) is 53.0 Å². The third kappa shape index (κ3) is 3.31. The Morgan fingerprint density at radius 1 is 1.15 bits per heavy atom. The second-order valence-corrected chi connectivity index (χ2v) is 7.64. The summed E-state index contributed by atoms with van der Waals surface area (Å²) in [4.78, 5) is 6.99. The summed E-state index contributed by atoms with van der Waals surface area (Å²) in [5.74, 6) is 0. The van der Waals surface area contributed by atoms with Crippen molar-refractivity contribution in [3.05, 3.63) is 54.1 Å². The lowest BCUT2D eigenvalue weighted by atomic mass is 9.79. The zero-order valence-corrected chi connectivity index (χ0v) is 15.8. The zero-order chi connectivity index (χ0) is 18.0. The molecule has 1 aromatic heterocycles. The molecule has 0 amide bonds. The van der Waals surface area contributed by atoms with Gasteiger partial charge in [0.1, 0.15) is 0 Å². The molecule has 2 aromatic rings. The van der Waals surface area contributed by atoms with Gasteiger partial charge >= 0.3 is 0 Å². The second kappa shape index (κ2) is 7.51. The molecule has 2 aliphatic rings. The van der Waals surface area contributed by atoms with Crippen LogP contribution in [-0.2, 0) is 22.6 Å². The molecule has 5 heteroatoms. The Kier molecular flexibility index (Phi) is 5.11. The third-order valence-corrected chi connectivity index (χ3v) is 6.35. The average molecular weight is 355 g/mol. The highest BCUT2D eigenvalue weighted by molar-refractivity contribution is 5.16. The van der Waals surface area contributed by atoms with Crippen molar-refractivity contribution in [2.45, 2.75) is 56.5 Å². The van der Waals surface area contributed by atoms with Gasteiger partial charge in [0.2, 0.25) is 0 Å². The third-order valence-electron chi connectivity index (χ3n) is 6.35. The molecule has 140 valence electrons. The number of hydrogen-bond donors (Lipinski definition) is 0. The number of imidazole rings is 1. The molecule has 26 heavy (non-hydrogen) atoms. The lowest BCUT2D eigenvalue weighted by Crippen LogP contribution is -2.51. The van der Waals surface area contributed by atoms with Gasteiger partial charge in [0, 0.05) is 46.1 Å². The Morgan fingerprint density at radius 2 is 2.00 bits per heavy atom. The lowest BCUT2D eigenvalue weighted by Gasteiger charge is -2.43. The van der Waals surface area contributed by atoms with Crippen LogP contribution in [0.1, 0.15) is 36.9 Å². The fourth-order valence-corrected chi connectivity index (χ4v) is 4.77. The Hall–Kier alpha value is -1.69. The summed E-state index contributed by atoms with van der Waals surface area (Å²) in [6, 6.07) is 11.0. The van der Waals surface area contributed by atoms with Crippen molar-refractivity contribution in [1.29, 1.82) is 0 Å². The number of nitrogens with zero attached hydrogens (tertiary/aromatic N) is 3. The van der Waals surface area contributed by atoms with Gasteiger partial charge in [-0.25, -0.2) is 4.98 Å². The highest BCUT2D eigenvalue weighted by Crippen LogP contribution is 2.43. The Bertz CT molecular complexity index is 717. The molecule has 0 bridgehead atoms. The number of methoxy groups -OCH3 is 2. The fourth-order valence-electron chi connectivity index (χ4n) is 4.77. The van der Waals surface area contributed by atoms with Crippen LogP contribution in [0.3, 0.4) is 0 Å². The maximum atomic E-state index is 6.05. The quantitative estimate of drug-likeness (QED) is 0.798. The Balaban J connectivity index is 1.50. The first kappa shape index (κ1) is 17.7. The van der Waals surface area contributed by atoms with Gasteiger partial charge in [0.05, 0.1) is 23.7 Å². The van der Waals surface area contributed by atoms with Crippen molar-refractivity contribution in [1.82, 2.24) is 14.5 Å². The summed E-state index contributed by atoms with van der Waals surface area (Å²) >= 11 is 0. The molecule has 0 N–H and O–H groups in total. The summed E-state index contributed by atoms with van der Waals surface area (Å²) in [6.45, 7) is 2.86. The van der Waals surface area contributed by atoms with Gasteiger partial charge in [0.15, 0.2) is 0 Å². The van der Waals surface area contributed by atoms with Gasteiger partial charge in [-0.2, -0.15) is 0 Å². The van der Waals surface area contributed by atoms with Crippen LogP contribution in [0.4, 0.5) is 0 Å². The first-order chi connectivity index (χ1) is 12.7. The molecule has 3 atom stereocenters. The number of benzene rings is 1. The molecule has 0 unspecified atom stereocenters. The largest absolute Gasteiger partial charge is 0.381 e. The summed E-state index contributed by atoms with van der Waals surface area (Å²) in [6.07, 6.45) is 8.65. The van der Waals surface area contributed by atoms with Gasteiger partial charge in [-0.3, -0.25) is 4.90 Å². The van der Waals surface area contributed by atoms with E-state index < -0.39 is 0 Å². The molecule has 1 saturated carbocycles. The minimum atomic E-state index is -0.000683. The number of ether oxygens (including phenoxy) is 2. The molecule has 2 fully saturated rings. The minimum Gasteiger partial charge on any atom is -0.381 e. The summed E-state index contributed by atoms with van der Waals surface area (Å²) in [5, 5.41) is 0.